The van der Waals surface area contributed by atoms with Crippen LogP contribution in [-0.2, 0) is 5.54 Å². The zero-order valence-corrected chi connectivity index (χ0v) is 18.0. The maximum atomic E-state index is 14.8. The number of piperidine rings is 1. The number of urea groups is 1. The summed E-state index contributed by atoms with van der Waals surface area (Å²) in [4.78, 5) is 18.9. The van der Waals surface area contributed by atoms with E-state index >= 15 is 0 Å². The lowest BCUT2D eigenvalue weighted by molar-refractivity contribution is -0.110. The topological polar surface area (TPSA) is 84.2 Å². The summed E-state index contributed by atoms with van der Waals surface area (Å²) in [5.41, 5.74) is 1.05. The highest BCUT2D eigenvalue weighted by atomic mass is 19.1. The highest BCUT2D eigenvalue weighted by Crippen LogP contribution is 2.55. The summed E-state index contributed by atoms with van der Waals surface area (Å²) in [6, 6.07) is 3.76. The van der Waals surface area contributed by atoms with E-state index in [4.69, 9.17) is 4.42 Å². The Balaban J connectivity index is 1.47. The number of aryl methyl sites for hydroxylation is 2. The van der Waals surface area contributed by atoms with Gasteiger partial charge in [-0.2, -0.15) is 0 Å². The summed E-state index contributed by atoms with van der Waals surface area (Å²) in [7, 11) is 0. The number of amides is 2. The largest absolute Gasteiger partial charge is 0.423 e. The molecule has 1 saturated carbocycles. The van der Waals surface area contributed by atoms with E-state index in [0.717, 1.165) is 19.0 Å². The monoisotopic (exact) mass is 439 g/mol. The number of benzene rings is 1. The number of anilines is 1. The number of nitrogens with zero attached hydrogens (tertiary/aromatic N) is 4. The molecule has 3 heterocycles. The van der Waals surface area contributed by atoms with E-state index in [0.29, 0.717) is 40.8 Å². The van der Waals surface area contributed by atoms with Gasteiger partial charge >= 0.3 is 6.03 Å². The van der Waals surface area contributed by atoms with Crippen LogP contribution in [-0.4, -0.2) is 32.2 Å². The predicted molar refractivity (Wildman–Crippen MR) is 113 cm³/mol. The van der Waals surface area contributed by atoms with Gasteiger partial charge in [0.25, 0.3) is 0 Å². The lowest BCUT2D eigenvalue weighted by Crippen LogP contribution is -2.70. The first-order valence-electron chi connectivity index (χ1n) is 10.6. The van der Waals surface area contributed by atoms with Gasteiger partial charge in [-0.25, -0.2) is 13.6 Å². The number of likely N-dealkylation sites (tertiary alicyclic amines) is 1. The lowest BCUT2D eigenvalue weighted by atomic mass is 9.64. The fraction of sp³-hybridized carbons (Fsp3) is 0.391. The maximum Gasteiger partial charge on any atom is 0.323 e. The van der Waals surface area contributed by atoms with Crippen molar-refractivity contribution in [2.24, 2.45) is 5.92 Å². The van der Waals surface area contributed by atoms with Crippen LogP contribution in [0.25, 0.3) is 11.1 Å². The normalized spacial score (nSPS) is 24.2. The number of carbonyl (C=O) groups excluding carboxylic acids is 1. The highest BCUT2D eigenvalue weighted by molar-refractivity contribution is 5.92. The van der Waals surface area contributed by atoms with Crippen molar-refractivity contribution >= 4 is 11.7 Å². The molecule has 1 aliphatic carbocycles. The zero-order chi connectivity index (χ0) is 22.6. The Morgan fingerprint density at radius 2 is 2.00 bits per heavy atom. The van der Waals surface area contributed by atoms with E-state index in [1.807, 2.05) is 0 Å². The van der Waals surface area contributed by atoms with E-state index in [1.165, 1.54) is 24.4 Å². The Morgan fingerprint density at radius 1 is 1.19 bits per heavy atom. The first-order chi connectivity index (χ1) is 15.3. The van der Waals surface area contributed by atoms with Crippen molar-refractivity contribution in [1.29, 1.82) is 0 Å². The van der Waals surface area contributed by atoms with Crippen molar-refractivity contribution in [2.75, 3.05) is 5.32 Å². The van der Waals surface area contributed by atoms with Crippen LogP contribution in [0.5, 0.6) is 0 Å². The zero-order valence-electron chi connectivity index (χ0n) is 18.0. The average Bonchev–Trinajstić information content (AvgIpc) is 3.16. The molecule has 2 aromatic heterocycles. The number of hydrogen-bond acceptors (Lipinski definition) is 5. The SMILES string of the molecule is Cc1nnc([C@]23C[C@H](C)C[C@H](C2)N3C(=O)Nc2cc(-c3cncc(F)c3)c(C)cc2F)o1. The molecule has 1 N–H and O–H groups in total. The summed E-state index contributed by atoms with van der Waals surface area (Å²) < 4.78 is 34.2. The standard InChI is InChI=1S/C23H23F2N5O2/c1-12-4-17-9-23(8-12,21-29-28-14(3)32-21)30(17)22(31)27-20-7-18(13(2)5-19(20)25)15-6-16(24)11-26-10-15/h5-7,10-12,17H,4,8-9H2,1-3H3,(H,27,31)/t12-,17-,23+/m1/s1. The summed E-state index contributed by atoms with van der Waals surface area (Å²) in [5, 5.41) is 10.8. The summed E-state index contributed by atoms with van der Waals surface area (Å²) in [5.74, 6) is 0.202. The van der Waals surface area contributed by atoms with Crippen molar-refractivity contribution < 1.29 is 18.0 Å². The van der Waals surface area contributed by atoms with Gasteiger partial charge in [0.1, 0.15) is 17.2 Å². The third-order valence-corrected chi connectivity index (χ3v) is 6.47. The molecule has 0 unspecified atom stereocenters. The Hall–Kier alpha value is -3.36. The van der Waals surface area contributed by atoms with Crippen molar-refractivity contribution in [3.63, 3.8) is 0 Å². The van der Waals surface area contributed by atoms with Gasteiger partial charge in [-0.15, -0.1) is 10.2 Å². The summed E-state index contributed by atoms with van der Waals surface area (Å²) in [6.07, 6.45) is 4.91. The molecule has 3 aromatic rings. The maximum absolute atomic E-state index is 14.8. The van der Waals surface area contributed by atoms with Gasteiger partial charge in [0.05, 0.1) is 11.9 Å². The van der Waals surface area contributed by atoms with Crippen LogP contribution in [0.4, 0.5) is 19.3 Å². The van der Waals surface area contributed by atoms with Crippen molar-refractivity contribution in [2.45, 2.75) is 51.6 Å². The van der Waals surface area contributed by atoms with E-state index < -0.39 is 23.2 Å². The van der Waals surface area contributed by atoms with Gasteiger partial charge in [0.2, 0.25) is 11.8 Å². The molecular formula is C23H23F2N5O2. The quantitative estimate of drug-likeness (QED) is 0.624. The first kappa shape index (κ1) is 20.5. The third kappa shape index (κ3) is 3.23. The van der Waals surface area contributed by atoms with E-state index in [9.17, 15) is 13.6 Å². The second kappa shape index (κ2) is 7.36. The van der Waals surface area contributed by atoms with Crippen LogP contribution >= 0.6 is 0 Å². The molecule has 1 aliphatic heterocycles. The number of carbonyl (C=O) groups is 1. The molecule has 32 heavy (non-hydrogen) atoms. The number of fused-ring (bicyclic) bond motifs is 2. The molecule has 9 heteroatoms. The van der Waals surface area contributed by atoms with Gasteiger partial charge < -0.3 is 14.6 Å². The van der Waals surface area contributed by atoms with Crippen LogP contribution in [0.1, 0.15) is 43.5 Å². The number of hydrogen-bond donors (Lipinski definition) is 1. The number of aromatic nitrogens is 3. The molecule has 2 amide bonds. The Bertz CT molecular complexity index is 1210. The van der Waals surface area contributed by atoms with Crippen molar-refractivity contribution in [3.05, 3.63) is 59.6 Å². The van der Waals surface area contributed by atoms with Gasteiger partial charge in [0.15, 0.2) is 0 Å². The van der Waals surface area contributed by atoms with Gasteiger partial charge in [-0.1, -0.05) is 6.92 Å². The number of rotatable bonds is 3. The fourth-order valence-corrected chi connectivity index (χ4v) is 5.25. The molecule has 2 aliphatic rings. The first-order valence-corrected chi connectivity index (χ1v) is 10.6. The molecule has 1 aromatic carbocycles. The molecule has 2 bridgehead atoms. The van der Waals surface area contributed by atoms with Crippen LogP contribution in [0, 0.1) is 31.4 Å². The highest BCUT2D eigenvalue weighted by Gasteiger charge is 2.62. The molecule has 3 atom stereocenters. The summed E-state index contributed by atoms with van der Waals surface area (Å²) in [6.45, 7) is 5.58. The van der Waals surface area contributed by atoms with Crippen LogP contribution in [0.15, 0.2) is 35.0 Å². The summed E-state index contributed by atoms with van der Waals surface area (Å²) >= 11 is 0. The minimum absolute atomic E-state index is 0.0198. The minimum atomic E-state index is -0.676. The predicted octanol–water partition coefficient (Wildman–Crippen LogP) is 4.96. The molecule has 0 spiro atoms. The third-order valence-electron chi connectivity index (χ3n) is 6.47. The molecule has 7 nitrogen and oxygen atoms in total. The Labute approximate surface area is 183 Å². The Kier molecular flexibility index (Phi) is 4.72. The molecule has 2 fully saturated rings. The van der Waals surface area contributed by atoms with Gasteiger partial charge in [0, 0.05) is 31.1 Å². The second-order valence-electron chi connectivity index (χ2n) is 8.90. The fourth-order valence-electron chi connectivity index (χ4n) is 5.25. The number of pyridine rings is 1. The average molecular weight is 439 g/mol. The lowest BCUT2D eigenvalue weighted by Gasteiger charge is -2.61. The molecule has 1 saturated heterocycles. The number of halogens is 2. The molecule has 5 rings (SSSR count). The second-order valence-corrected chi connectivity index (χ2v) is 8.90. The molecule has 166 valence electrons. The Morgan fingerprint density at radius 3 is 2.72 bits per heavy atom. The van der Waals surface area contributed by atoms with Crippen LogP contribution in [0.2, 0.25) is 0 Å². The van der Waals surface area contributed by atoms with Gasteiger partial charge in [-0.05, 0) is 55.0 Å². The van der Waals surface area contributed by atoms with Gasteiger partial charge in [-0.3, -0.25) is 4.98 Å². The molecule has 0 radical (unpaired) electrons. The minimum Gasteiger partial charge on any atom is -0.423 e. The van der Waals surface area contributed by atoms with E-state index in [1.54, 1.807) is 18.7 Å². The van der Waals surface area contributed by atoms with Crippen molar-refractivity contribution in [3.8, 4) is 11.1 Å². The van der Waals surface area contributed by atoms with Crippen molar-refractivity contribution in [1.82, 2.24) is 20.1 Å². The smallest absolute Gasteiger partial charge is 0.323 e. The van der Waals surface area contributed by atoms with E-state index in [-0.39, 0.29) is 11.7 Å². The van der Waals surface area contributed by atoms with Crippen LogP contribution in [0.3, 0.4) is 0 Å². The van der Waals surface area contributed by atoms with E-state index in [2.05, 4.69) is 27.4 Å². The molecular weight excluding hydrogens is 416 g/mol. The van der Waals surface area contributed by atoms with Crippen LogP contribution < -0.4 is 5.32 Å². The number of nitrogens with one attached hydrogen (secondary N) is 1.